The van der Waals surface area contributed by atoms with Crippen molar-refractivity contribution in [1.82, 2.24) is 24.8 Å². The molecule has 1 saturated carbocycles. The molecular formula is C29H32N6O2. The number of carbonyl (C=O) groups excluding carboxylic acids is 1. The number of amides is 1. The van der Waals surface area contributed by atoms with Crippen molar-refractivity contribution in [2.24, 2.45) is 5.92 Å². The Hall–Kier alpha value is -3.75. The van der Waals surface area contributed by atoms with Crippen molar-refractivity contribution in [2.75, 3.05) is 31.6 Å². The van der Waals surface area contributed by atoms with Gasteiger partial charge in [0.1, 0.15) is 5.65 Å². The lowest BCUT2D eigenvalue weighted by Gasteiger charge is -2.26. The Kier molecular flexibility index (Phi) is 6.84. The number of anilines is 2. The van der Waals surface area contributed by atoms with Gasteiger partial charge in [-0.2, -0.15) is 4.98 Å². The lowest BCUT2D eigenvalue weighted by atomic mass is 9.85. The second kappa shape index (κ2) is 10.7. The Bertz CT molecular complexity index is 1390. The van der Waals surface area contributed by atoms with Gasteiger partial charge in [-0.25, -0.2) is 4.98 Å². The van der Waals surface area contributed by atoms with Crippen LogP contribution < -0.4 is 10.6 Å². The summed E-state index contributed by atoms with van der Waals surface area (Å²) in [6, 6.07) is 18.7. The number of nitrogens with zero attached hydrogens (tertiary/aromatic N) is 4. The van der Waals surface area contributed by atoms with Gasteiger partial charge in [0.25, 0.3) is 0 Å². The van der Waals surface area contributed by atoms with E-state index in [-0.39, 0.29) is 11.8 Å². The van der Waals surface area contributed by atoms with E-state index in [1.54, 1.807) is 0 Å². The van der Waals surface area contributed by atoms with Gasteiger partial charge in [0.05, 0.1) is 13.2 Å². The Balaban J connectivity index is 1.18. The summed E-state index contributed by atoms with van der Waals surface area (Å²) in [5.74, 6) is 0.916. The summed E-state index contributed by atoms with van der Waals surface area (Å²) in [7, 11) is 0. The number of morpholine rings is 1. The molecule has 0 unspecified atom stereocenters. The van der Waals surface area contributed by atoms with Crippen LogP contribution in [0, 0.1) is 5.92 Å². The second-order valence-corrected chi connectivity index (χ2v) is 9.89. The highest BCUT2D eigenvalue weighted by atomic mass is 16.5. The molecule has 0 radical (unpaired) electrons. The van der Waals surface area contributed by atoms with Crippen molar-refractivity contribution < 1.29 is 9.53 Å². The molecule has 190 valence electrons. The predicted octanol–water partition coefficient (Wildman–Crippen LogP) is 4.41. The van der Waals surface area contributed by atoms with E-state index in [4.69, 9.17) is 9.72 Å². The molecule has 1 aliphatic carbocycles. The Morgan fingerprint density at radius 3 is 2.70 bits per heavy atom. The first kappa shape index (κ1) is 23.6. The van der Waals surface area contributed by atoms with Gasteiger partial charge in [0.15, 0.2) is 0 Å². The average molecular weight is 497 g/mol. The van der Waals surface area contributed by atoms with Crippen LogP contribution in [0.15, 0.2) is 67.0 Å². The number of nitrogens with one attached hydrogen (secondary N) is 2. The van der Waals surface area contributed by atoms with E-state index in [0.29, 0.717) is 12.5 Å². The third kappa shape index (κ3) is 5.50. The average Bonchev–Trinajstić information content (AvgIpc) is 3.31. The summed E-state index contributed by atoms with van der Waals surface area (Å²) in [6.07, 6.45) is 7.04. The maximum absolute atomic E-state index is 12.2. The smallest absolute Gasteiger partial charge is 0.229 e. The molecule has 3 heterocycles. The van der Waals surface area contributed by atoms with Crippen LogP contribution in [0.2, 0.25) is 0 Å². The van der Waals surface area contributed by atoms with Gasteiger partial charge >= 0.3 is 0 Å². The molecular weight excluding hydrogens is 464 g/mol. The van der Waals surface area contributed by atoms with E-state index in [9.17, 15) is 4.79 Å². The molecule has 2 aromatic heterocycles. The van der Waals surface area contributed by atoms with Crippen LogP contribution in [-0.4, -0.2) is 51.6 Å². The minimum atomic E-state index is 0.167. The molecule has 4 aromatic rings. The number of hydrogen-bond donors (Lipinski definition) is 2. The summed E-state index contributed by atoms with van der Waals surface area (Å²) in [5, 5.41) is 7.43. The quantitative estimate of drug-likeness (QED) is 0.376. The largest absolute Gasteiger partial charge is 0.379 e. The molecule has 1 aliphatic heterocycles. The molecule has 1 saturated heterocycles. The fraction of sp³-hybridized carbons (Fsp3) is 0.345. The zero-order chi connectivity index (χ0) is 25.0. The molecule has 8 nitrogen and oxygen atoms in total. The predicted molar refractivity (Wildman–Crippen MR) is 144 cm³/mol. The molecule has 8 heteroatoms. The number of benzene rings is 2. The van der Waals surface area contributed by atoms with E-state index in [2.05, 4.69) is 55.4 Å². The van der Waals surface area contributed by atoms with Crippen molar-refractivity contribution in [1.29, 1.82) is 0 Å². The molecule has 0 spiro atoms. The fourth-order valence-corrected chi connectivity index (χ4v) is 4.90. The molecule has 37 heavy (non-hydrogen) atoms. The Morgan fingerprint density at radius 1 is 1.03 bits per heavy atom. The second-order valence-electron chi connectivity index (χ2n) is 9.89. The molecule has 2 fully saturated rings. The highest BCUT2D eigenvalue weighted by Gasteiger charge is 2.24. The SMILES string of the molecule is O=C(NCc1cccc(-n2ccc3cnc(Nc4cccc(CN5CCOCC5)c4)nc32)c1)C1CCC1. The molecule has 0 bridgehead atoms. The summed E-state index contributed by atoms with van der Waals surface area (Å²) >= 11 is 0. The van der Waals surface area contributed by atoms with Gasteiger partial charge in [-0.15, -0.1) is 0 Å². The first-order valence-electron chi connectivity index (χ1n) is 13.1. The molecule has 2 aromatic carbocycles. The molecule has 2 N–H and O–H groups in total. The summed E-state index contributed by atoms with van der Waals surface area (Å²) < 4.78 is 7.53. The standard InChI is InChI=1S/C29H32N6O2/c36-28(23-6-3-7-23)30-18-21-4-2-9-26(17-21)35-11-10-24-19-31-29(33-27(24)35)32-25-8-1-5-22(16-25)20-34-12-14-37-15-13-34/h1-2,4-5,8-11,16-17,19,23H,3,6-7,12-15,18,20H2,(H,30,36)(H,31,32,33). The lowest BCUT2D eigenvalue weighted by Crippen LogP contribution is -2.35. The first-order valence-corrected chi connectivity index (χ1v) is 13.1. The normalized spacial score (nSPS) is 16.4. The van der Waals surface area contributed by atoms with E-state index in [1.165, 1.54) is 5.56 Å². The van der Waals surface area contributed by atoms with Crippen molar-refractivity contribution >= 4 is 28.6 Å². The van der Waals surface area contributed by atoms with Crippen LogP contribution in [-0.2, 0) is 22.6 Å². The minimum Gasteiger partial charge on any atom is -0.379 e. The Labute approximate surface area is 216 Å². The van der Waals surface area contributed by atoms with Gasteiger partial charge < -0.3 is 19.9 Å². The number of carbonyl (C=O) groups is 1. The van der Waals surface area contributed by atoms with Gasteiger partial charge in [-0.3, -0.25) is 9.69 Å². The number of aromatic nitrogens is 3. The van der Waals surface area contributed by atoms with Crippen molar-refractivity contribution in [3.8, 4) is 5.69 Å². The van der Waals surface area contributed by atoms with Crippen molar-refractivity contribution in [2.45, 2.75) is 32.4 Å². The van der Waals surface area contributed by atoms with E-state index in [0.717, 1.165) is 80.1 Å². The maximum Gasteiger partial charge on any atom is 0.229 e. The summed E-state index contributed by atoms with van der Waals surface area (Å²) in [6.45, 7) is 4.95. The van der Waals surface area contributed by atoms with Gasteiger partial charge in [-0.05, 0) is 54.3 Å². The van der Waals surface area contributed by atoms with E-state index in [1.807, 2.05) is 36.7 Å². The van der Waals surface area contributed by atoms with Crippen LogP contribution in [0.4, 0.5) is 11.6 Å². The number of rotatable bonds is 8. The van der Waals surface area contributed by atoms with Crippen molar-refractivity contribution in [3.63, 3.8) is 0 Å². The van der Waals surface area contributed by atoms with Crippen molar-refractivity contribution in [3.05, 3.63) is 78.1 Å². The fourth-order valence-electron chi connectivity index (χ4n) is 4.90. The monoisotopic (exact) mass is 496 g/mol. The van der Waals surface area contributed by atoms with Gasteiger partial charge in [0, 0.05) is 61.3 Å². The summed E-state index contributed by atoms with van der Waals surface area (Å²) in [4.78, 5) is 24.0. The summed E-state index contributed by atoms with van der Waals surface area (Å²) in [5.41, 5.74) is 5.11. The van der Waals surface area contributed by atoms with Crippen LogP contribution in [0.25, 0.3) is 16.7 Å². The van der Waals surface area contributed by atoms with E-state index >= 15 is 0 Å². The van der Waals surface area contributed by atoms with Crippen LogP contribution in [0.3, 0.4) is 0 Å². The molecule has 1 amide bonds. The zero-order valence-corrected chi connectivity index (χ0v) is 20.9. The molecule has 6 rings (SSSR count). The highest BCUT2D eigenvalue weighted by Crippen LogP contribution is 2.26. The number of fused-ring (bicyclic) bond motifs is 1. The third-order valence-electron chi connectivity index (χ3n) is 7.25. The topological polar surface area (TPSA) is 84.3 Å². The first-order chi connectivity index (χ1) is 18.2. The Morgan fingerprint density at radius 2 is 1.86 bits per heavy atom. The third-order valence-corrected chi connectivity index (χ3v) is 7.25. The van der Waals surface area contributed by atoms with E-state index < -0.39 is 0 Å². The van der Waals surface area contributed by atoms with Gasteiger partial charge in [0.2, 0.25) is 11.9 Å². The number of hydrogen-bond acceptors (Lipinski definition) is 6. The van der Waals surface area contributed by atoms with Crippen LogP contribution in [0.5, 0.6) is 0 Å². The maximum atomic E-state index is 12.2. The highest BCUT2D eigenvalue weighted by molar-refractivity contribution is 5.80. The lowest BCUT2D eigenvalue weighted by molar-refractivity contribution is -0.127. The molecule has 2 aliphatic rings. The molecule has 0 atom stereocenters. The van der Waals surface area contributed by atoms with Crippen LogP contribution >= 0.6 is 0 Å². The minimum absolute atomic E-state index is 0.167. The number of ether oxygens (including phenoxy) is 1. The zero-order valence-electron chi connectivity index (χ0n) is 20.9. The van der Waals surface area contributed by atoms with Crippen LogP contribution in [0.1, 0.15) is 30.4 Å². The van der Waals surface area contributed by atoms with Gasteiger partial charge in [-0.1, -0.05) is 30.7 Å².